The van der Waals surface area contributed by atoms with Crippen molar-refractivity contribution >= 4 is 0 Å². The van der Waals surface area contributed by atoms with Gasteiger partial charge < -0.3 is 0 Å². The van der Waals surface area contributed by atoms with Gasteiger partial charge in [0.2, 0.25) is 0 Å². The number of aromatic nitrogens is 2. The van der Waals surface area contributed by atoms with Crippen molar-refractivity contribution < 1.29 is 8.96 Å². The first kappa shape index (κ1) is 11.8. The number of hydrogen-bond donors (Lipinski definition) is 0. The Balaban J connectivity index is 2.16. The molecule has 0 aliphatic rings. The minimum atomic E-state index is -0.181. The molecule has 90 valence electrons. The molecule has 0 N–H and O–H groups in total. The zero-order chi connectivity index (χ0) is 12.3. The van der Waals surface area contributed by atoms with Crippen molar-refractivity contribution in [2.45, 2.75) is 33.4 Å². The van der Waals surface area contributed by atoms with E-state index >= 15 is 0 Å². The van der Waals surface area contributed by atoms with Crippen LogP contribution in [0.5, 0.6) is 0 Å². The van der Waals surface area contributed by atoms with Crippen molar-refractivity contribution in [1.29, 1.82) is 0 Å². The summed E-state index contributed by atoms with van der Waals surface area (Å²) in [5.41, 5.74) is 1.12. The molecule has 1 aromatic heterocycles. The van der Waals surface area contributed by atoms with Crippen LogP contribution < -0.4 is 4.57 Å². The van der Waals surface area contributed by atoms with E-state index in [0.29, 0.717) is 0 Å². The molecule has 1 aromatic carbocycles. The number of imidazole rings is 1. The highest BCUT2D eigenvalue weighted by Crippen LogP contribution is 2.03. The monoisotopic (exact) mass is 233 g/mol. The van der Waals surface area contributed by atoms with Gasteiger partial charge in [-0.1, -0.05) is 19.1 Å². The van der Waals surface area contributed by atoms with Crippen molar-refractivity contribution in [1.82, 2.24) is 4.57 Å². The Hall–Kier alpha value is -1.64. The van der Waals surface area contributed by atoms with Crippen molar-refractivity contribution in [3.8, 4) is 0 Å². The first-order valence-corrected chi connectivity index (χ1v) is 6.00. The second kappa shape index (κ2) is 5.13. The summed E-state index contributed by atoms with van der Waals surface area (Å²) in [5, 5.41) is 0. The number of nitrogens with zero attached hydrogens (tertiary/aromatic N) is 2. The Morgan fingerprint density at radius 3 is 2.59 bits per heavy atom. The molecule has 0 aliphatic heterocycles. The fourth-order valence-electron chi connectivity index (χ4n) is 1.97. The van der Waals surface area contributed by atoms with E-state index in [1.807, 2.05) is 12.1 Å². The van der Waals surface area contributed by atoms with Crippen molar-refractivity contribution in [2.24, 2.45) is 0 Å². The molecule has 17 heavy (non-hydrogen) atoms. The van der Waals surface area contributed by atoms with E-state index in [2.05, 4.69) is 35.4 Å². The van der Waals surface area contributed by atoms with Crippen LogP contribution in [0.3, 0.4) is 0 Å². The maximum absolute atomic E-state index is 12.8. The predicted molar refractivity (Wildman–Crippen MR) is 65.2 cm³/mol. The molecule has 3 heteroatoms. The van der Waals surface area contributed by atoms with Crippen molar-refractivity contribution in [2.75, 3.05) is 0 Å². The van der Waals surface area contributed by atoms with Crippen LogP contribution in [0, 0.1) is 12.7 Å². The Morgan fingerprint density at radius 2 is 1.94 bits per heavy atom. The van der Waals surface area contributed by atoms with Crippen LogP contribution in [0.1, 0.15) is 24.7 Å². The van der Waals surface area contributed by atoms with E-state index in [9.17, 15) is 4.39 Å². The number of aryl methyl sites for hydroxylation is 1. The van der Waals surface area contributed by atoms with Gasteiger partial charge >= 0.3 is 0 Å². The lowest BCUT2D eigenvalue weighted by Gasteiger charge is -2.01. The largest absolute Gasteiger partial charge is 0.253 e. The average molecular weight is 233 g/mol. The van der Waals surface area contributed by atoms with E-state index in [1.54, 1.807) is 0 Å². The summed E-state index contributed by atoms with van der Waals surface area (Å²) in [7, 11) is 0. The molecule has 2 rings (SSSR count). The van der Waals surface area contributed by atoms with Crippen LogP contribution in [-0.2, 0) is 13.1 Å². The molecular weight excluding hydrogens is 215 g/mol. The maximum Gasteiger partial charge on any atom is 0.253 e. The minimum absolute atomic E-state index is 0.181. The Bertz CT molecular complexity index is 485. The van der Waals surface area contributed by atoms with E-state index < -0.39 is 0 Å². The Morgan fingerprint density at radius 1 is 1.24 bits per heavy atom. The molecule has 0 spiro atoms. The van der Waals surface area contributed by atoms with E-state index in [-0.39, 0.29) is 5.82 Å². The van der Waals surface area contributed by atoms with Crippen LogP contribution in [-0.4, -0.2) is 4.57 Å². The number of hydrogen-bond acceptors (Lipinski definition) is 0. The lowest BCUT2D eigenvalue weighted by molar-refractivity contribution is -0.694. The minimum Gasteiger partial charge on any atom is -0.234 e. The summed E-state index contributed by atoms with van der Waals surface area (Å²) in [6.45, 7) is 6.12. The Kier molecular flexibility index (Phi) is 3.57. The lowest BCUT2D eigenvalue weighted by Crippen LogP contribution is -2.36. The fourth-order valence-corrected chi connectivity index (χ4v) is 1.97. The van der Waals surface area contributed by atoms with Crippen LogP contribution in [0.2, 0.25) is 0 Å². The average Bonchev–Trinajstić information content (AvgIpc) is 2.65. The van der Waals surface area contributed by atoms with Gasteiger partial charge in [-0.25, -0.2) is 13.5 Å². The van der Waals surface area contributed by atoms with Gasteiger partial charge in [-0.15, -0.1) is 0 Å². The van der Waals surface area contributed by atoms with Gasteiger partial charge in [-0.2, -0.15) is 0 Å². The molecule has 2 aromatic rings. The molecule has 0 aliphatic carbocycles. The van der Waals surface area contributed by atoms with E-state index in [1.165, 1.54) is 18.0 Å². The third-order valence-corrected chi connectivity index (χ3v) is 2.99. The zero-order valence-corrected chi connectivity index (χ0v) is 10.4. The van der Waals surface area contributed by atoms with Gasteiger partial charge in [0.05, 0.1) is 6.54 Å². The Labute approximate surface area is 101 Å². The van der Waals surface area contributed by atoms with Crippen LogP contribution >= 0.6 is 0 Å². The fraction of sp³-hybridized carbons (Fsp3) is 0.357. The highest BCUT2D eigenvalue weighted by molar-refractivity contribution is 5.14. The molecule has 0 bridgehead atoms. The van der Waals surface area contributed by atoms with E-state index in [0.717, 1.165) is 25.1 Å². The molecule has 0 radical (unpaired) electrons. The lowest BCUT2D eigenvalue weighted by atomic mass is 10.2. The van der Waals surface area contributed by atoms with Gasteiger partial charge in [0.15, 0.2) is 0 Å². The third-order valence-electron chi connectivity index (χ3n) is 2.99. The normalized spacial score (nSPS) is 10.8. The SMILES string of the molecule is CCCn1cc[n+](Cc2ccc(F)cc2)c1C. The molecule has 0 atom stereocenters. The molecular formula is C14H18FN2+. The van der Waals surface area contributed by atoms with Crippen molar-refractivity contribution in [3.05, 3.63) is 53.9 Å². The zero-order valence-electron chi connectivity index (χ0n) is 10.4. The third kappa shape index (κ3) is 2.73. The topological polar surface area (TPSA) is 8.81 Å². The second-order valence-corrected chi connectivity index (χ2v) is 4.29. The summed E-state index contributed by atoms with van der Waals surface area (Å²) in [6, 6.07) is 6.68. The van der Waals surface area contributed by atoms with Crippen LogP contribution in [0.25, 0.3) is 0 Å². The first-order chi connectivity index (χ1) is 8.20. The number of benzene rings is 1. The van der Waals surface area contributed by atoms with Crippen LogP contribution in [0.15, 0.2) is 36.7 Å². The summed E-state index contributed by atoms with van der Waals surface area (Å²) in [4.78, 5) is 0. The molecule has 0 saturated heterocycles. The number of halogens is 1. The van der Waals surface area contributed by atoms with Gasteiger partial charge in [0, 0.05) is 6.92 Å². The summed E-state index contributed by atoms with van der Waals surface area (Å²) in [5.74, 6) is 1.05. The molecule has 0 amide bonds. The summed E-state index contributed by atoms with van der Waals surface area (Å²) in [6.07, 6.45) is 5.31. The molecule has 1 heterocycles. The maximum atomic E-state index is 12.8. The van der Waals surface area contributed by atoms with Gasteiger partial charge in [-0.05, 0) is 24.1 Å². The molecule has 0 fully saturated rings. The van der Waals surface area contributed by atoms with Gasteiger partial charge in [-0.3, -0.25) is 0 Å². The molecule has 0 unspecified atom stereocenters. The second-order valence-electron chi connectivity index (χ2n) is 4.29. The number of rotatable bonds is 4. The highest BCUT2D eigenvalue weighted by Gasteiger charge is 2.11. The molecule has 2 nitrogen and oxygen atoms in total. The summed E-state index contributed by atoms with van der Waals surface area (Å²) < 4.78 is 17.2. The van der Waals surface area contributed by atoms with Crippen molar-refractivity contribution in [3.63, 3.8) is 0 Å². The van der Waals surface area contributed by atoms with Crippen LogP contribution in [0.4, 0.5) is 4.39 Å². The van der Waals surface area contributed by atoms with Gasteiger partial charge in [0.25, 0.3) is 5.82 Å². The summed E-state index contributed by atoms with van der Waals surface area (Å²) >= 11 is 0. The smallest absolute Gasteiger partial charge is 0.234 e. The molecule has 0 saturated carbocycles. The first-order valence-electron chi connectivity index (χ1n) is 6.00. The highest BCUT2D eigenvalue weighted by atomic mass is 19.1. The van der Waals surface area contributed by atoms with Gasteiger partial charge in [0.1, 0.15) is 24.8 Å². The standard InChI is InChI=1S/C14H18FN2/c1-3-8-16-9-10-17(12(16)2)11-13-4-6-14(15)7-5-13/h4-7,9-10H,3,8,11H2,1-2H3/q+1. The van der Waals surface area contributed by atoms with E-state index in [4.69, 9.17) is 0 Å². The quantitative estimate of drug-likeness (QED) is 0.718. The predicted octanol–water partition coefficient (Wildman–Crippen LogP) is 2.68.